The summed E-state index contributed by atoms with van der Waals surface area (Å²) in [6.45, 7) is 1.75. The van der Waals surface area contributed by atoms with Crippen molar-refractivity contribution in [3.05, 3.63) is 0 Å². The van der Waals surface area contributed by atoms with Crippen LogP contribution in [0.25, 0.3) is 0 Å². The molecule has 0 bridgehead atoms. The average Bonchev–Trinajstić information content (AvgIpc) is 2.35. The molecule has 0 radical (unpaired) electrons. The smallest absolute Gasteiger partial charge is 0.0646 e. The monoisotopic (exact) mass is 211 g/mol. The van der Waals surface area contributed by atoms with Crippen molar-refractivity contribution in [2.45, 2.75) is 63.3 Å². The molecule has 0 aromatic heterocycles. The third-order valence-electron chi connectivity index (χ3n) is 4.07. The standard InChI is InChI=1S/C13H25NO/c14-13(8-3-1-2-4-9-13)11-15-10-12-6-5-7-12/h12H,1-11,14H2. The topological polar surface area (TPSA) is 35.2 Å². The van der Waals surface area contributed by atoms with E-state index in [0.29, 0.717) is 0 Å². The molecule has 0 heterocycles. The third-order valence-corrected chi connectivity index (χ3v) is 4.07. The molecule has 0 aliphatic heterocycles. The zero-order chi connectivity index (χ0) is 10.6. The highest BCUT2D eigenvalue weighted by Gasteiger charge is 2.27. The molecule has 2 rings (SSSR count). The third kappa shape index (κ3) is 3.46. The minimum Gasteiger partial charge on any atom is -0.379 e. The van der Waals surface area contributed by atoms with Gasteiger partial charge in [0.25, 0.3) is 0 Å². The summed E-state index contributed by atoms with van der Waals surface area (Å²) in [5, 5.41) is 0. The van der Waals surface area contributed by atoms with Gasteiger partial charge in [-0.2, -0.15) is 0 Å². The summed E-state index contributed by atoms with van der Waals surface area (Å²) in [5.41, 5.74) is 6.38. The van der Waals surface area contributed by atoms with Gasteiger partial charge in [-0.15, -0.1) is 0 Å². The summed E-state index contributed by atoms with van der Waals surface area (Å²) in [6.07, 6.45) is 11.8. The van der Waals surface area contributed by atoms with Crippen LogP contribution in [0.5, 0.6) is 0 Å². The number of ether oxygens (including phenoxy) is 1. The average molecular weight is 211 g/mol. The molecule has 2 N–H and O–H groups in total. The SMILES string of the molecule is NC1(COCC2CCC2)CCCCCC1. The molecule has 2 fully saturated rings. The zero-order valence-electron chi connectivity index (χ0n) is 9.84. The molecule has 2 aliphatic carbocycles. The Morgan fingerprint density at radius 1 is 1.00 bits per heavy atom. The van der Waals surface area contributed by atoms with Crippen LogP contribution in [0.15, 0.2) is 0 Å². The van der Waals surface area contributed by atoms with Gasteiger partial charge in [0.1, 0.15) is 0 Å². The van der Waals surface area contributed by atoms with Crippen LogP contribution in [0.4, 0.5) is 0 Å². The molecule has 0 aromatic rings. The van der Waals surface area contributed by atoms with Crippen LogP contribution >= 0.6 is 0 Å². The van der Waals surface area contributed by atoms with Crippen molar-refractivity contribution in [3.63, 3.8) is 0 Å². The largest absolute Gasteiger partial charge is 0.379 e. The highest BCUT2D eigenvalue weighted by atomic mass is 16.5. The fourth-order valence-corrected chi connectivity index (χ4v) is 2.67. The van der Waals surface area contributed by atoms with Crippen LogP contribution < -0.4 is 5.73 Å². The van der Waals surface area contributed by atoms with Gasteiger partial charge < -0.3 is 10.5 Å². The van der Waals surface area contributed by atoms with E-state index in [9.17, 15) is 0 Å². The minimum absolute atomic E-state index is 0.000245. The Hall–Kier alpha value is -0.0800. The maximum absolute atomic E-state index is 6.38. The van der Waals surface area contributed by atoms with Crippen molar-refractivity contribution in [2.75, 3.05) is 13.2 Å². The Labute approximate surface area is 93.6 Å². The minimum atomic E-state index is 0.000245. The van der Waals surface area contributed by atoms with Gasteiger partial charge in [-0.1, -0.05) is 32.1 Å². The highest BCUT2D eigenvalue weighted by Crippen LogP contribution is 2.28. The van der Waals surface area contributed by atoms with E-state index in [1.807, 2.05) is 0 Å². The van der Waals surface area contributed by atoms with Gasteiger partial charge in [-0.25, -0.2) is 0 Å². The van der Waals surface area contributed by atoms with Crippen molar-refractivity contribution >= 4 is 0 Å². The van der Waals surface area contributed by atoms with Crippen LogP contribution in [-0.4, -0.2) is 18.8 Å². The number of nitrogens with two attached hydrogens (primary N) is 1. The quantitative estimate of drug-likeness (QED) is 0.726. The van der Waals surface area contributed by atoms with Crippen molar-refractivity contribution < 1.29 is 4.74 Å². The summed E-state index contributed by atoms with van der Waals surface area (Å²) < 4.78 is 5.81. The first-order chi connectivity index (χ1) is 7.29. The predicted octanol–water partition coefficient (Wildman–Crippen LogP) is 2.85. The van der Waals surface area contributed by atoms with Crippen LogP contribution in [-0.2, 0) is 4.74 Å². The van der Waals surface area contributed by atoms with Gasteiger partial charge in [-0.05, 0) is 31.6 Å². The fourth-order valence-electron chi connectivity index (χ4n) is 2.67. The molecule has 2 nitrogen and oxygen atoms in total. The first kappa shape index (κ1) is 11.4. The van der Waals surface area contributed by atoms with E-state index in [-0.39, 0.29) is 5.54 Å². The molecular formula is C13H25NO. The normalized spacial score (nSPS) is 27.0. The Morgan fingerprint density at radius 2 is 1.67 bits per heavy atom. The molecule has 0 saturated heterocycles. The number of hydrogen-bond donors (Lipinski definition) is 1. The lowest BCUT2D eigenvalue weighted by atomic mass is 9.86. The van der Waals surface area contributed by atoms with Gasteiger partial charge in [0.05, 0.1) is 6.61 Å². The molecule has 0 amide bonds. The van der Waals surface area contributed by atoms with Crippen LogP contribution in [0, 0.1) is 5.92 Å². The summed E-state index contributed by atoms with van der Waals surface area (Å²) in [5.74, 6) is 0.847. The molecule has 0 spiro atoms. The van der Waals surface area contributed by atoms with Crippen LogP contribution in [0.1, 0.15) is 57.8 Å². The van der Waals surface area contributed by atoms with E-state index in [1.54, 1.807) is 0 Å². The van der Waals surface area contributed by atoms with E-state index in [4.69, 9.17) is 10.5 Å². The number of rotatable bonds is 4. The van der Waals surface area contributed by atoms with Gasteiger partial charge >= 0.3 is 0 Å². The highest BCUT2D eigenvalue weighted by molar-refractivity contribution is 4.86. The summed E-state index contributed by atoms with van der Waals surface area (Å²) in [4.78, 5) is 0. The zero-order valence-corrected chi connectivity index (χ0v) is 9.84. The predicted molar refractivity (Wildman–Crippen MR) is 62.8 cm³/mol. The van der Waals surface area contributed by atoms with Gasteiger partial charge in [-0.3, -0.25) is 0 Å². The summed E-state index contributed by atoms with van der Waals surface area (Å²) in [6, 6.07) is 0. The van der Waals surface area contributed by atoms with Gasteiger partial charge in [0.2, 0.25) is 0 Å². The van der Waals surface area contributed by atoms with E-state index < -0.39 is 0 Å². The molecule has 0 aromatic carbocycles. The molecule has 15 heavy (non-hydrogen) atoms. The Morgan fingerprint density at radius 3 is 2.20 bits per heavy atom. The Balaban J connectivity index is 1.65. The Bertz CT molecular complexity index is 181. The van der Waals surface area contributed by atoms with Crippen LogP contribution in [0.2, 0.25) is 0 Å². The lowest BCUT2D eigenvalue weighted by molar-refractivity contribution is 0.0344. The van der Waals surface area contributed by atoms with Crippen molar-refractivity contribution in [3.8, 4) is 0 Å². The molecule has 2 heteroatoms. The Kier molecular flexibility index (Phi) is 4.04. The van der Waals surface area contributed by atoms with E-state index in [0.717, 1.165) is 32.0 Å². The second-order valence-electron chi connectivity index (χ2n) is 5.59. The van der Waals surface area contributed by atoms with Gasteiger partial charge in [0, 0.05) is 12.1 Å². The summed E-state index contributed by atoms with van der Waals surface area (Å²) in [7, 11) is 0. The van der Waals surface area contributed by atoms with Crippen LogP contribution in [0.3, 0.4) is 0 Å². The molecule has 0 atom stereocenters. The maximum Gasteiger partial charge on any atom is 0.0646 e. The van der Waals surface area contributed by atoms with E-state index in [2.05, 4.69) is 0 Å². The number of hydrogen-bond acceptors (Lipinski definition) is 2. The molecule has 2 aliphatic rings. The van der Waals surface area contributed by atoms with E-state index >= 15 is 0 Å². The van der Waals surface area contributed by atoms with Gasteiger partial charge in [0.15, 0.2) is 0 Å². The van der Waals surface area contributed by atoms with Crippen molar-refractivity contribution in [1.82, 2.24) is 0 Å². The first-order valence-electron chi connectivity index (χ1n) is 6.65. The summed E-state index contributed by atoms with van der Waals surface area (Å²) >= 11 is 0. The van der Waals surface area contributed by atoms with E-state index in [1.165, 1.54) is 44.9 Å². The maximum atomic E-state index is 6.38. The second kappa shape index (κ2) is 5.31. The lowest BCUT2D eigenvalue weighted by Gasteiger charge is -2.30. The molecule has 2 saturated carbocycles. The lowest BCUT2D eigenvalue weighted by Crippen LogP contribution is -2.44. The molecule has 88 valence electrons. The van der Waals surface area contributed by atoms with Crippen molar-refractivity contribution in [2.24, 2.45) is 11.7 Å². The van der Waals surface area contributed by atoms with Crippen molar-refractivity contribution in [1.29, 1.82) is 0 Å². The fraction of sp³-hybridized carbons (Fsp3) is 1.00. The second-order valence-corrected chi connectivity index (χ2v) is 5.59. The first-order valence-corrected chi connectivity index (χ1v) is 6.65. The molecule has 0 unspecified atom stereocenters. The molecular weight excluding hydrogens is 186 g/mol.